The first-order chi connectivity index (χ1) is 6.70. The molecule has 0 aromatic carbocycles. The fourth-order valence-electron chi connectivity index (χ4n) is 1.40. The molecule has 0 aliphatic heterocycles. The lowest BCUT2D eigenvalue weighted by Crippen LogP contribution is -2.05. The van der Waals surface area contributed by atoms with Crippen molar-refractivity contribution in [2.24, 2.45) is 0 Å². The summed E-state index contributed by atoms with van der Waals surface area (Å²) < 4.78 is 0. The molecule has 0 spiro atoms. The predicted octanol–water partition coefficient (Wildman–Crippen LogP) is 3.55. The van der Waals surface area contributed by atoms with Gasteiger partial charge < -0.3 is 5.11 Å². The van der Waals surface area contributed by atoms with E-state index in [4.69, 9.17) is 5.11 Å². The molecule has 0 radical (unpaired) electrons. The number of hydrogen-bond donors (Lipinski definition) is 1. The SMILES string of the molecule is CCCSC(CCC)CCCC(=O)O. The molecule has 0 aliphatic carbocycles. The number of aliphatic carboxylic acids is 1. The molecule has 0 saturated heterocycles. The lowest BCUT2D eigenvalue weighted by molar-refractivity contribution is -0.137. The van der Waals surface area contributed by atoms with E-state index in [0.717, 1.165) is 12.8 Å². The average molecular weight is 218 g/mol. The molecule has 84 valence electrons. The first kappa shape index (κ1) is 13.8. The summed E-state index contributed by atoms with van der Waals surface area (Å²) in [6.45, 7) is 4.38. The van der Waals surface area contributed by atoms with E-state index in [2.05, 4.69) is 13.8 Å². The summed E-state index contributed by atoms with van der Waals surface area (Å²) in [6, 6.07) is 0. The second-order valence-electron chi connectivity index (χ2n) is 3.57. The Morgan fingerprint density at radius 2 is 2.00 bits per heavy atom. The third kappa shape index (κ3) is 8.42. The van der Waals surface area contributed by atoms with E-state index in [9.17, 15) is 4.79 Å². The zero-order valence-corrected chi connectivity index (χ0v) is 10.1. The third-order valence-electron chi connectivity index (χ3n) is 2.09. The van der Waals surface area contributed by atoms with Crippen LogP contribution in [0, 0.1) is 0 Å². The Hall–Kier alpha value is -0.180. The van der Waals surface area contributed by atoms with Crippen molar-refractivity contribution in [3.05, 3.63) is 0 Å². The van der Waals surface area contributed by atoms with Crippen LogP contribution in [0.5, 0.6) is 0 Å². The average Bonchev–Trinajstić information content (AvgIpc) is 2.13. The maximum absolute atomic E-state index is 10.3. The monoisotopic (exact) mass is 218 g/mol. The maximum atomic E-state index is 10.3. The van der Waals surface area contributed by atoms with Gasteiger partial charge in [0.05, 0.1) is 0 Å². The van der Waals surface area contributed by atoms with E-state index in [1.807, 2.05) is 11.8 Å². The molecular formula is C11H22O2S. The molecule has 0 fully saturated rings. The van der Waals surface area contributed by atoms with Crippen molar-refractivity contribution in [1.29, 1.82) is 0 Å². The van der Waals surface area contributed by atoms with E-state index in [0.29, 0.717) is 11.7 Å². The van der Waals surface area contributed by atoms with E-state index in [1.165, 1.54) is 25.0 Å². The zero-order chi connectivity index (χ0) is 10.8. The van der Waals surface area contributed by atoms with E-state index in [-0.39, 0.29) is 0 Å². The second kappa shape index (κ2) is 9.38. The molecule has 0 aromatic rings. The van der Waals surface area contributed by atoms with Gasteiger partial charge in [-0.15, -0.1) is 0 Å². The van der Waals surface area contributed by atoms with E-state index >= 15 is 0 Å². The number of rotatable bonds is 9. The molecule has 0 aliphatic rings. The Labute approximate surface area is 91.5 Å². The minimum Gasteiger partial charge on any atom is -0.481 e. The van der Waals surface area contributed by atoms with Crippen LogP contribution in [0.4, 0.5) is 0 Å². The summed E-state index contributed by atoms with van der Waals surface area (Å²) in [5.41, 5.74) is 0. The number of carboxylic acids is 1. The van der Waals surface area contributed by atoms with Crippen LogP contribution >= 0.6 is 11.8 Å². The van der Waals surface area contributed by atoms with Gasteiger partial charge in [0, 0.05) is 11.7 Å². The van der Waals surface area contributed by atoms with Crippen LogP contribution in [0.25, 0.3) is 0 Å². The fourth-order valence-corrected chi connectivity index (χ4v) is 2.70. The summed E-state index contributed by atoms with van der Waals surface area (Å²) in [5, 5.41) is 9.21. The van der Waals surface area contributed by atoms with E-state index < -0.39 is 5.97 Å². The summed E-state index contributed by atoms with van der Waals surface area (Å²) >= 11 is 2.00. The minimum atomic E-state index is -0.666. The molecule has 0 bridgehead atoms. The maximum Gasteiger partial charge on any atom is 0.303 e. The van der Waals surface area contributed by atoms with Gasteiger partial charge in [-0.3, -0.25) is 4.79 Å². The quantitative estimate of drug-likeness (QED) is 0.643. The molecule has 0 aromatic heterocycles. The van der Waals surface area contributed by atoms with Crippen molar-refractivity contribution in [2.75, 3.05) is 5.75 Å². The highest BCUT2D eigenvalue weighted by Gasteiger charge is 2.08. The molecule has 0 rings (SSSR count). The minimum absolute atomic E-state index is 0.326. The lowest BCUT2D eigenvalue weighted by atomic mass is 10.1. The number of carboxylic acid groups (broad SMARTS) is 1. The van der Waals surface area contributed by atoms with Crippen LogP contribution in [0.15, 0.2) is 0 Å². The fraction of sp³-hybridized carbons (Fsp3) is 0.909. The highest BCUT2D eigenvalue weighted by Crippen LogP contribution is 2.22. The second-order valence-corrected chi connectivity index (χ2v) is 4.98. The van der Waals surface area contributed by atoms with Gasteiger partial charge in [-0.25, -0.2) is 0 Å². The van der Waals surface area contributed by atoms with Crippen LogP contribution in [0.3, 0.4) is 0 Å². The van der Waals surface area contributed by atoms with Crippen LogP contribution in [-0.4, -0.2) is 22.1 Å². The van der Waals surface area contributed by atoms with Gasteiger partial charge in [0.25, 0.3) is 0 Å². The highest BCUT2D eigenvalue weighted by molar-refractivity contribution is 7.99. The molecule has 0 heterocycles. The van der Waals surface area contributed by atoms with Crippen molar-refractivity contribution < 1.29 is 9.90 Å². The molecule has 2 nitrogen and oxygen atoms in total. The molecule has 1 N–H and O–H groups in total. The standard InChI is InChI=1S/C11H22O2S/c1-3-6-10(14-9-4-2)7-5-8-11(12)13/h10H,3-9H2,1-2H3,(H,12,13). The van der Waals surface area contributed by atoms with Crippen molar-refractivity contribution >= 4 is 17.7 Å². The van der Waals surface area contributed by atoms with Crippen LogP contribution in [0.1, 0.15) is 52.4 Å². The number of carbonyl (C=O) groups is 1. The Morgan fingerprint density at radius 1 is 1.29 bits per heavy atom. The smallest absolute Gasteiger partial charge is 0.303 e. The van der Waals surface area contributed by atoms with Gasteiger partial charge in [-0.1, -0.05) is 20.3 Å². The molecule has 1 unspecified atom stereocenters. The lowest BCUT2D eigenvalue weighted by Gasteiger charge is -2.14. The molecule has 0 saturated carbocycles. The Bertz CT molecular complexity index is 148. The van der Waals surface area contributed by atoms with Crippen LogP contribution < -0.4 is 0 Å². The largest absolute Gasteiger partial charge is 0.481 e. The highest BCUT2D eigenvalue weighted by atomic mass is 32.2. The molecule has 0 amide bonds. The number of thioether (sulfide) groups is 1. The normalized spacial score (nSPS) is 12.7. The Kier molecular flexibility index (Phi) is 9.26. The summed E-state index contributed by atoms with van der Waals surface area (Å²) in [5.74, 6) is 0.540. The first-order valence-electron chi connectivity index (χ1n) is 5.54. The van der Waals surface area contributed by atoms with Crippen LogP contribution in [0.2, 0.25) is 0 Å². The van der Waals surface area contributed by atoms with Gasteiger partial charge in [0.15, 0.2) is 0 Å². The summed E-state index contributed by atoms with van der Waals surface area (Å²) in [4.78, 5) is 10.3. The zero-order valence-electron chi connectivity index (χ0n) is 9.29. The van der Waals surface area contributed by atoms with Gasteiger partial charge in [-0.2, -0.15) is 11.8 Å². The van der Waals surface area contributed by atoms with Gasteiger partial charge in [0.2, 0.25) is 0 Å². The van der Waals surface area contributed by atoms with Gasteiger partial charge in [-0.05, 0) is 31.4 Å². The summed E-state index contributed by atoms with van der Waals surface area (Å²) in [7, 11) is 0. The predicted molar refractivity (Wildman–Crippen MR) is 62.9 cm³/mol. The van der Waals surface area contributed by atoms with E-state index in [1.54, 1.807) is 0 Å². The molecule has 14 heavy (non-hydrogen) atoms. The Balaban J connectivity index is 3.55. The third-order valence-corrected chi connectivity index (χ3v) is 3.67. The van der Waals surface area contributed by atoms with Crippen molar-refractivity contribution in [3.63, 3.8) is 0 Å². The molecule has 3 heteroatoms. The molecule has 1 atom stereocenters. The van der Waals surface area contributed by atoms with Crippen molar-refractivity contribution in [2.45, 2.75) is 57.6 Å². The van der Waals surface area contributed by atoms with Gasteiger partial charge in [0.1, 0.15) is 0 Å². The first-order valence-corrected chi connectivity index (χ1v) is 6.59. The summed E-state index contributed by atoms with van der Waals surface area (Å²) in [6.07, 6.45) is 5.86. The van der Waals surface area contributed by atoms with Gasteiger partial charge >= 0.3 is 5.97 Å². The van der Waals surface area contributed by atoms with Crippen LogP contribution in [-0.2, 0) is 4.79 Å². The molecular weight excluding hydrogens is 196 g/mol. The van der Waals surface area contributed by atoms with Crippen molar-refractivity contribution in [1.82, 2.24) is 0 Å². The number of hydrogen-bond acceptors (Lipinski definition) is 2. The Morgan fingerprint density at radius 3 is 2.50 bits per heavy atom. The van der Waals surface area contributed by atoms with Crippen molar-refractivity contribution in [3.8, 4) is 0 Å². The topological polar surface area (TPSA) is 37.3 Å².